The van der Waals surface area contributed by atoms with E-state index < -0.39 is 0 Å². The zero-order valence-corrected chi connectivity index (χ0v) is 11.9. The molecule has 2 aliphatic rings. The minimum absolute atomic E-state index is 0.241. The Balaban J connectivity index is 1.65. The summed E-state index contributed by atoms with van der Waals surface area (Å²) in [6, 6.07) is 0.376. The topological polar surface area (TPSA) is 50.8 Å². The molecular formula is C14H26N2O3. The Labute approximate surface area is 115 Å². The lowest BCUT2D eigenvalue weighted by Gasteiger charge is -2.26. The van der Waals surface area contributed by atoms with Crippen molar-refractivity contribution in [3.8, 4) is 0 Å². The highest BCUT2D eigenvalue weighted by atomic mass is 16.5. The molecule has 0 aromatic rings. The average molecular weight is 270 g/mol. The second kappa shape index (κ2) is 7.82. The number of nitrogens with one attached hydrogen (secondary N) is 1. The SMILES string of the molecule is CNCC1CCCN1C(=O)CCOC1CCOCC1. The van der Waals surface area contributed by atoms with Crippen LogP contribution in [0.15, 0.2) is 0 Å². The molecular weight excluding hydrogens is 244 g/mol. The molecule has 1 N–H and O–H groups in total. The van der Waals surface area contributed by atoms with E-state index in [0.29, 0.717) is 19.1 Å². The molecule has 2 aliphatic heterocycles. The zero-order valence-electron chi connectivity index (χ0n) is 11.9. The Hall–Kier alpha value is -0.650. The smallest absolute Gasteiger partial charge is 0.225 e. The van der Waals surface area contributed by atoms with Crippen LogP contribution in [0.3, 0.4) is 0 Å². The summed E-state index contributed by atoms with van der Waals surface area (Å²) >= 11 is 0. The Bertz CT molecular complexity index is 280. The van der Waals surface area contributed by atoms with Gasteiger partial charge < -0.3 is 19.7 Å². The summed E-state index contributed by atoms with van der Waals surface area (Å²) in [5.41, 5.74) is 0. The van der Waals surface area contributed by atoms with Crippen molar-refractivity contribution < 1.29 is 14.3 Å². The van der Waals surface area contributed by atoms with E-state index in [1.807, 2.05) is 11.9 Å². The maximum atomic E-state index is 12.2. The van der Waals surface area contributed by atoms with Crippen molar-refractivity contribution in [3.63, 3.8) is 0 Å². The average Bonchev–Trinajstić information content (AvgIpc) is 2.89. The van der Waals surface area contributed by atoms with Gasteiger partial charge in [-0.15, -0.1) is 0 Å². The van der Waals surface area contributed by atoms with Gasteiger partial charge in [-0.1, -0.05) is 0 Å². The van der Waals surface area contributed by atoms with Gasteiger partial charge in [0, 0.05) is 32.3 Å². The van der Waals surface area contributed by atoms with E-state index in [2.05, 4.69) is 5.32 Å². The summed E-state index contributed by atoms with van der Waals surface area (Å²) in [5.74, 6) is 0.241. The van der Waals surface area contributed by atoms with Crippen LogP contribution in [0.4, 0.5) is 0 Å². The van der Waals surface area contributed by atoms with Gasteiger partial charge in [0.1, 0.15) is 0 Å². The molecule has 1 amide bonds. The summed E-state index contributed by atoms with van der Waals surface area (Å²) in [6.07, 6.45) is 4.96. The van der Waals surface area contributed by atoms with E-state index >= 15 is 0 Å². The molecule has 0 aliphatic carbocycles. The lowest BCUT2D eigenvalue weighted by Crippen LogP contribution is -2.41. The van der Waals surface area contributed by atoms with Gasteiger partial charge >= 0.3 is 0 Å². The summed E-state index contributed by atoms with van der Waals surface area (Å²) in [6.45, 7) is 3.92. The summed E-state index contributed by atoms with van der Waals surface area (Å²) < 4.78 is 11.1. The third-order valence-electron chi connectivity index (χ3n) is 3.98. The quantitative estimate of drug-likeness (QED) is 0.775. The molecule has 2 rings (SSSR count). The Kier molecular flexibility index (Phi) is 6.07. The van der Waals surface area contributed by atoms with Crippen molar-refractivity contribution in [2.75, 3.05) is 40.0 Å². The van der Waals surface area contributed by atoms with Crippen LogP contribution in [-0.4, -0.2) is 62.9 Å². The molecule has 1 atom stereocenters. The van der Waals surface area contributed by atoms with Crippen LogP contribution in [0.1, 0.15) is 32.1 Å². The fraction of sp³-hybridized carbons (Fsp3) is 0.929. The lowest BCUT2D eigenvalue weighted by atomic mass is 10.1. The maximum absolute atomic E-state index is 12.2. The van der Waals surface area contributed by atoms with E-state index in [1.165, 1.54) is 0 Å². The Morgan fingerprint density at radius 2 is 2.16 bits per heavy atom. The van der Waals surface area contributed by atoms with E-state index in [-0.39, 0.29) is 12.0 Å². The minimum Gasteiger partial charge on any atom is -0.381 e. The van der Waals surface area contributed by atoms with Crippen LogP contribution in [0.25, 0.3) is 0 Å². The van der Waals surface area contributed by atoms with Crippen molar-refractivity contribution >= 4 is 5.91 Å². The highest BCUT2D eigenvalue weighted by molar-refractivity contribution is 5.77. The van der Waals surface area contributed by atoms with E-state index in [9.17, 15) is 4.79 Å². The first-order valence-corrected chi connectivity index (χ1v) is 7.44. The molecule has 0 radical (unpaired) electrons. The van der Waals surface area contributed by atoms with Gasteiger partial charge in [-0.05, 0) is 32.7 Å². The van der Waals surface area contributed by atoms with Crippen LogP contribution in [-0.2, 0) is 14.3 Å². The normalized spacial score (nSPS) is 24.9. The van der Waals surface area contributed by atoms with Gasteiger partial charge in [-0.25, -0.2) is 0 Å². The predicted molar refractivity (Wildman–Crippen MR) is 73.1 cm³/mol. The number of carbonyl (C=O) groups excluding carboxylic acids is 1. The first kappa shape index (κ1) is 14.8. The Morgan fingerprint density at radius 1 is 1.37 bits per heavy atom. The highest BCUT2D eigenvalue weighted by Gasteiger charge is 2.27. The van der Waals surface area contributed by atoms with Gasteiger partial charge in [0.05, 0.1) is 19.1 Å². The number of likely N-dealkylation sites (tertiary alicyclic amines) is 1. The maximum Gasteiger partial charge on any atom is 0.225 e. The van der Waals surface area contributed by atoms with Gasteiger partial charge in [0.15, 0.2) is 0 Å². The van der Waals surface area contributed by atoms with Crippen LogP contribution in [0.2, 0.25) is 0 Å². The van der Waals surface area contributed by atoms with Gasteiger partial charge in [0.2, 0.25) is 5.91 Å². The molecule has 0 aromatic carbocycles. The number of hydrogen-bond acceptors (Lipinski definition) is 4. The molecule has 2 heterocycles. The summed E-state index contributed by atoms with van der Waals surface area (Å²) in [7, 11) is 1.94. The van der Waals surface area contributed by atoms with Crippen molar-refractivity contribution in [1.29, 1.82) is 0 Å². The van der Waals surface area contributed by atoms with Crippen LogP contribution in [0, 0.1) is 0 Å². The second-order valence-corrected chi connectivity index (χ2v) is 5.37. The molecule has 2 saturated heterocycles. The number of likely N-dealkylation sites (N-methyl/N-ethyl adjacent to an activating group) is 1. The largest absolute Gasteiger partial charge is 0.381 e. The van der Waals surface area contributed by atoms with Crippen molar-refractivity contribution in [1.82, 2.24) is 10.2 Å². The number of hydrogen-bond donors (Lipinski definition) is 1. The third kappa shape index (κ3) is 4.44. The van der Waals surface area contributed by atoms with Crippen LogP contribution >= 0.6 is 0 Å². The van der Waals surface area contributed by atoms with Crippen LogP contribution < -0.4 is 5.32 Å². The van der Waals surface area contributed by atoms with E-state index in [4.69, 9.17) is 9.47 Å². The number of carbonyl (C=O) groups is 1. The fourth-order valence-corrected chi connectivity index (χ4v) is 2.91. The molecule has 110 valence electrons. The standard InChI is InChI=1S/C14H26N2O3/c1-15-11-12-3-2-7-16(12)14(17)6-10-19-13-4-8-18-9-5-13/h12-13,15H,2-11H2,1H3. The number of nitrogens with zero attached hydrogens (tertiary/aromatic N) is 1. The monoisotopic (exact) mass is 270 g/mol. The second-order valence-electron chi connectivity index (χ2n) is 5.37. The number of ether oxygens (including phenoxy) is 2. The molecule has 2 fully saturated rings. The first-order valence-electron chi connectivity index (χ1n) is 7.44. The zero-order chi connectivity index (χ0) is 13.5. The van der Waals surface area contributed by atoms with Crippen molar-refractivity contribution in [2.24, 2.45) is 0 Å². The summed E-state index contributed by atoms with van der Waals surface area (Å²) in [5, 5.41) is 3.16. The fourth-order valence-electron chi connectivity index (χ4n) is 2.91. The van der Waals surface area contributed by atoms with Crippen LogP contribution in [0.5, 0.6) is 0 Å². The molecule has 5 heteroatoms. The molecule has 19 heavy (non-hydrogen) atoms. The highest BCUT2D eigenvalue weighted by Crippen LogP contribution is 2.18. The van der Waals surface area contributed by atoms with E-state index in [0.717, 1.165) is 52.0 Å². The number of rotatable bonds is 6. The third-order valence-corrected chi connectivity index (χ3v) is 3.98. The minimum atomic E-state index is 0.241. The lowest BCUT2D eigenvalue weighted by molar-refractivity contribution is -0.134. The molecule has 0 spiro atoms. The molecule has 0 saturated carbocycles. The van der Waals surface area contributed by atoms with Gasteiger partial charge in [-0.3, -0.25) is 4.79 Å². The molecule has 1 unspecified atom stereocenters. The Morgan fingerprint density at radius 3 is 2.89 bits per heavy atom. The van der Waals surface area contributed by atoms with E-state index in [1.54, 1.807) is 0 Å². The van der Waals surface area contributed by atoms with Gasteiger partial charge in [-0.2, -0.15) is 0 Å². The molecule has 5 nitrogen and oxygen atoms in total. The number of amides is 1. The van der Waals surface area contributed by atoms with Crippen molar-refractivity contribution in [2.45, 2.75) is 44.2 Å². The summed E-state index contributed by atoms with van der Waals surface area (Å²) in [4.78, 5) is 14.2. The van der Waals surface area contributed by atoms with Gasteiger partial charge in [0.25, 0.3) is 0 Å². The predicted octanol–water partition coefficient (Wildman–Crippen LogP) is 0.783. The van der Waals surface area contributed by atoms with Crippen molar-refractivity contribution in [3.05, 3.63) is 0 Å². The first-order chi connectivity index (χ1) is 9.31. The molecule has 0 bridgehead atoms. The molecule has 0 aromatic heterocycles.